The summed E-state index contributed by atoms with van der Waals surface area (Å²) in [6.07, 6.45) is 2.54. The molecule has 2 aromatic rings. The molecule has 1 aliphatic heterocycles. The third kappa shape index (κ3) is 7.32. The summed E-state index contributed by atoms with van der Waals surface area (Å²) in [6.45, 7) is 6.03. The molecule has 1 unspecified atom stereocenters. The Morgan fingerprint density at radius 3 is 2.70 bits per heavy atom. The highest BCUT2D eigenvalue weighted by Gasteiger charge is 2.22. The summed E-state index contributed by atoms with van der Waals surface area (Å²) in [5.74, 6) is 1.63. The van der Waals surface area contributed by atoms with Gasteiger partial charge < -0.3 is 24.5 Å². The number of nitrogens with zero attached hydrogens (tertiary/aromatic N) is 2. The summed E-state index contributed by atoms with van der Waals surface area (Å²) in [4.78, 5) is 6.79. The minimum Gasteiger partial charge on any atom is -0.467 e. The van der Waals surface area contributed by atoms with Gasteiger partial charge in [0.25, 0.3) is 0 Å². The van der Waals surface area contributed by atoms with Crippen molar-refractivity contribution in [2.45, 2.75) is 19.1 Å². The van der Waals surface area contributed by atoms with Crippen molar-refractivity contribution in [1.29, 1.82) is 0 Å². The minimum absolute atomic E-state index is 0.223. The molecule has 1 atom stereocenters. The summed E-state index contributed by atoms with van der Waals surface area (Å²) in [6, 6.07) is 12.1. The van der Waals surface area contributed by atoms with Gasteiger partial charge in [-0.1, -0.05) is 23.7 Å². The molecule has 2 N–H and O–H groups in total. The molecule has 1 fully saturated rings. The highest BCUT2D eigenvalue weighted by Crippen LogP contribution is 2.23. The van der Waals surface area contributed by atoms with Crippen molar-refractivity contribution < 1.29 is 13.9 Å². The molecule has 0 bridgehead atoms. The second kappa shape index (κ2) is 12.6. The Balaban J connectivity index is 1.43. The topological polar surface area (TPSA) is 71.3 Å². The zero-order chi connectivity index (χ0) is 21.0. The van der Waals surface area contributed by atoms with Crippen molar-refractivity contribution in [2.24, 2.45) is 4.99 Å². The van der Waals surface area contributed by atoms with Crippen LogP contribution in [0, 0.1) is 0 Å². The van der Waals surface area contributed by atoms with Crippen LogP contribution in [-0.4, -0.2) is 63.9 Å². The van der Waals surface area contributed by atoms with Crippen LogP contribution in [-0.2, 0) is 16.1 Å². The number of hydrogen-bond donors (Lipinski definition) is 2. The number of furan rings is 1. The summed E-state index contributed by atoms with van der Waals surface area (Å²) >= 11 is 6.08. The van der Waals surface area contributed by atoms with Crippen molar-refractivity contribution in [1.82, 2.24) is 15.5 Å². The lowest BCUT2D eigenvalue weighted by Crippen LogP contribution is -2.46. The number of benzene rings is 1. The van der Waals surface area contributed by atoms with E-state index < -0.39 is 0 Å². The molecule has 1 saturated heterocycles. The van der Waals surface area contributed by atoms with Crippen LogP contribution in [0.15, 0.2) is 52.1 Å². The molecular formula is C22H31ClN4O3. The van der Waals surface area contributed by atoms with Crippen LogP contribution in [0.3, 0.4) is 0 Å². The molecule has 1 aliphatic rings. The lowest BCUT2D eigenvalue weighted by molar-refractivity contribution is 0.0170. The molecule has 164 valence electrons. The average Bonchev–Trinajstić information content (AvgIpc) is 3.30. The van der Waals surface area contributed by atoms with Gasteiger partial charge in [-0.25, -0.2) is 0 Å². The molecule has 8 heteroatoms. The Hall–Kier alpha value is -2.06. The van der Waals surface area contributed by atoms with E-state index in [2.05, 4.69) is 32.7 Å². The molecular weight excluding hydrogens is 404 g/mol. The van der Waals surface area contributed by atoms with Gasteiger partial charge in [-0.15, -0.1) is 0 Å². The smallest absolute Gasteiger partial charge is 0.191 e. The fourth-order valence-corrected chi connectivity index (χ4v) is 3.52. The number of morpholine rings is 1. The molecule has 0 aliphatic carbocycles. The highest BCUT2D eigenvalue weighted by atomic mass is 35.5. The summed E-state index contributed by atoms with van der Waals surface area (Å²) in [5, 5.41) is 7.56. The van der Waals surface area contributed by atoms with E-state index in [1.54, 1.807) is 13.3 Å². The van der Waals surface area contributed by atoms with Gasteiger partial charge in [-0.05, 0) is 36.2 Å². The predicted octanol–water partition coefficient (Wildman–Crippen LogP) is 3.08. The molecule has 7 nitrogen and oxygen atoms in total. The first-order valence-electron chi connectivity index (χ1n) is 10.4. The van der Waals surface area contributed by atoms with Crippen LogP contribution >= 0.6 is 11.6 Å². The molecule has 0 amide bonds. The summed E-state index contributed by atoms with van der Waals surface area (Å²) in [5.41, 5.74) is 1.23. The van der Waals surface area contributed by atoms with Gasteiger partial charge in [0.2, 0.25) is 0 Å². The number of hydrogen-bond acceptors (Lipinski definition) is 5. The number of guanidine groups is 1. The predicted molar refractivity (Wildman–Crippen MR) is 119 cm³/mol. The molecule has 1 aromatic carbocycles. The zero-order valence-corrected chi connectivity index (χ0v) is 18.2. The second-order valence-corrected chi connectivity index (χ2v) is 7.52. The van der Waals surface area contributed by atoms with Crippen molar-refractivity contribution in [2.75, 3.05) is 53.0 Å². The molecule has 1 aromatic heterocycles. The first kappa shape index (κ1) is 22.6. The normalized spacial score (nSPS) is 16.4. The van der Waals surface area contributed by atoms with E-state index in [4.69, 9.17) is 25.5 Å². The van der Waals surface area contributed by atoms with E-state index in [0.29, 0.717) is 13.2 Å². The highest BCUT2D eigenvalue weighted by molar-refractivity contribution is 6.30. The van der Waals surface area contributed by atoms with Gasteiger partial charge in [0, 0.05) is 44.9 Å². The quantitative estimate of drug-likeness (QED) is 0.340. The zero-order valence-electron chi connectivity index (χ0n) is 17.5. The number of aliphatic imine (C=N–C) groups is 1. The van der Waals surface area contributed by atoms with Crippen molar-refractivity contribution in [3.05, 3.63) is 59.0 Å². The second-order valence-electron chi connectivity index (χ2n) is 7.08. The Labute approximate surface area is 183 Å². The number of ether oxygens (including phenoxy) is 2. The van der Waals surface area contributed by atoms with Gasteiger partial charge in [0.15, 0.2) is 5.96 Å². The van der Waals surface area contributed by atoms with E-state index in [-0.39, 0.29) is 6.04 Å². The molecule has 30 heavy (non-hydrogen) atoms. The van der Waals surface area contributed by atoms with Crippen LogP contribution in [0.25, 0.3) is 0 Å². The minimum atomic E-state index is 0.223. The fraction of sp³-hybridized carbons (Fsp3) is 0.500. The lowest BCUT2D eigenvalue weighted by atomic mass is 10.0. The monoisotopic (exact) mass is 434 g/mol. The molecule has 2 heterocycles. The Kier molecular flexibility index (Phi) is 9.50. The lowest BCUT2D eigenvalue weighted by Gasteiger charge is -2.35. The maximum absolute atomic E-state index is 6.08. The standard InChI is InChI=1S/C22H31ClN4O3/c1-24-22(25-9-3-12-29-17-20-4-2-13-30-20)26-16-21(27-10-14-28-15-11-27)18-5-7-19(23)8-6-18/h2,4-8,13,21H,3,9-12,14-17H2,1H3,(H2,24,25,26). The fourth-order valence-electron chi connectivity index (χ4n) is 3.39. The van der Waals surface area contributed by atoms with Gasteiger partial charge >= 0.3 is 0 Å². The maximum atomic E-state index is 6.08. The van der Waals surface area contributed by atoms with Gasteiger partial charge in [0.05, 0.1) is 25.5 Å². The third-order valence-corrected chi connectivity index (χ3v) is 5.26. The Morgan fingerprint density at radius 1 is 1.20 bits per heavy atom. The van der Waals surface area contributed by atoms with E-state index >= 15 is 0 Å². The van der Waals surface area contributed by atoms with Crippen molar-refractivity contribution in [3.8, 4) is 0 Å². The molecule has 0 saturated carbocycles. The number of halogens is 1. The first-order chi connectivity index (χ1) is 14.8. The largest absolute Gasteiger partial charge is 0.467 e. The maximum Gasteiger partial charge on any atom is 0.191 e. The average molecular weight is 435 g/mol. The molecule has 0 radical (unpaired) electrons. The third-order valence-electron chi connectivity index (χ3n) is 5.01. The van der Waals surface area contributed by atoms with E-state index in [1.807, 2.05) is 24.3 Å². The van der Waals surface area contributed by atoms with Gasteiger partial charge in [-0.3, -0.25) is 9.89 Å². The van der Waals surface area contributed by atoms with Crippen molar-refractivity contribution in [3.63, 3.8) is 0 Å². The van der Waals surface area contributed by atoms with Crippen LogP contribution in [0.2, 0.25) is 5.02 Å². The number of nitrogens with one attached hydrogen (secondary N) is 2. The van der Waals surface area contributed by atoms with E-state index in [1.165, 1.54) is 5.56 Å². The van der Waals surface area contributed by atoms with E-state index in [9.17, 15) is 0 Å². The van der Waals surface area contributed by atoms with Gasteiger partial charge in [0.1, 0.15) is 12.4 Å². The van der Waals surface area contributed by atoms with Crippen LogP contribution < -0.4 is 10.6 Å². The van der Waals surface area contributed by atoms with Crippen molar-refractivity contribution >= 4 is 17.6 Å². The summed E-state index contributed by atoms with van der Waals surface area (Å²) in [7, 11) is 1.79. The Morgan fingerprint density at radius 2 is 2.00 bits per heavy atom. The van der Waals surface area contributed by atoms with E-state index in [0.717, 1.165) is 62.6 Å². The number of rotatable bonds is 10. The van der Waals surface area contributed by atoms with Gasteiger partial charge in [-0.2, -0.15) is 0 Å². The van der Waals surface area contributed by atoms with Crippen LogP contribution in [0.1, 0.15) is 23.8 Å². The van der Waals surface area contributed by atoms with Crippen LogP contribution in [0.4, 0.5) is 0 Å². The summed E-state index contributed by atoms with van der Waals surface area (Å²) < 4.78 is 16.4. The first-order valence-corrected chi connectivity index (χ1v) is 10.8. The SMILES string of the molecule is CN=C(NCCCOCc1ccco1)NCC(c1ccc(Cl)cc1)N1CCOCC1. The molecule has 3 rings (SSSR count). The Bertz CT molecular complexity index is 746. The molecule has 0 spiro atoms. The van der Waals surface area contributed by atoms with Crippen LogP contribution in [0.5, 0.6) is 0 Å².